The SMILES string of the molecule is CCCCn1c(=O)c2c(nc3n2C[C@H](C)CN3c2ccc(Br)cc2)n(C)c1=O. The molecule has 0 bridgehead atoms. The van der Waals surface area contributed by atoms with Crippen molar-refractivity contribution >= 4 is 38.7 Å². The van der Waals surface area contributed by atoms with Crippen molar-refractivity contribution in [2.75, 3.05) is 11.4 Å². The van der Waals surface area contributed by atoms with E-state index in [1.54, 1.807) is 7.05 Å². The maximum atomic E-state index is 13.2. The highest BCUT2D eigenvalue weighted by Gasteiger charge is 2.29. The third-order valence-corrected chi connectivity index (χ3v) is 5.84. The van der Waals surface area contributed by atoms with Crippen molar-refractivity contribution in [2.24, 2.45) is 13.0 Å². The second-order valence-corrected chi connectivity index (χ2v) is 8.45. The molecule has 7 nitrogen and oxygen atoms in total. The predicted molar refractivity (Wildman–Crippen MR) is 114 cm³/mol. The Morgan fingerprint density at radius 3 is 2.57 bits per heavy atom. The van der Waals surface area contributed by atoms with E-state index in [1.807, 2.05) is 35.8 Å². The molecular weight excluding hydrogens is 422 g/mol. The van der Waals surface area contributed by atoms with Gasteiger partial charge < -0.3 is 9.47 Å². The van der Waals surface area contributed by atoms with Crippen molar-refractivity contribution in [3.63, 3.8) is 0 Å². The Balaban J connectivity index is 1.96. The normalized spacial score (nSPS) is 16.6. The zero-order chi connectivity index (χ0) is 20.0. The Kier molecular flexibility index (Phi) is 4.91. The second kappa shape index (κ2) is 7.24. The summed E-state index contributed by atoms with van der Waals surface area (Å²) in [5, 5.41) is 0. The van der Waals surface area contributed by atoms with Crippen LogP contribution in [0.1, 0.15) is 26.7 Å². The van der Waals surface area contributed by atoms with Gasteiger partial charge in [0.2, 0.25) is 5.95 Å². The van der Waals surface area contributed by atoms with Crippen molar-refractivity contribution in [1.82, 2.24) is 18.7 Å². The van der Waals surface area contributed by atoms with E-state index in [0.29, 0.717) is 30.2 Å². The summed E-state index contributed by atoms with van der Waals surface area (Å²) in [4.78, 5) is 32.8. The van der Waals surface area contributed by atoms with Gasteiger partial charge in [0.05, 0.1) is 0 Å². The maximum Gasteiger partial charge on any atom is 0.332 e. The molecule has 0 N–H and O–H groups in total. The van der Waals surface area contributed by atoms with Gasteiger partial charge in [0, 0.05) is 36.8 Å². The zero-order valence-electron chi connectivity index (χ0n) is 16.4. The van der Waals surface area contributed by atoms with E-state index < -0.39 is 0 Å². The minimum Gasteiger partial charge on any atom is -0.312 e. The molecule has 1 aliphatic heterocycles. The number of aromatic nitrogens is 4. The fourth-order valence-electron chi connectivity index (χ4n) is 3.86. The van der Waals surface area contributed by atoms with Crippen LogP contribution in [0.15, 0.2) is 38.3 Å². The van der Waals surface area contributed by atoms with Crippen LogP contribution in [0.2, 0.25) is 0 Å². The van der Waals surface area contributed by atoms with Gasteiger partial charge in [-0.05, 0) is 36.6 Å². The first-order valence-electron chi connectivity index (χ1n) is 9.65. The van der Waals surface area contributed by atoms with Crippen LogP contribution in [0.25, 0.3) is 11.2 Å². The predicted octanol–water partition coefficient (Wildman–Crippen LogP) is 3.25. The minimum absolute atomic E-state index is 0.241. The Hall–Kier alpha value is -2.35. The molecule has 8 heteroatoms. The van der Waals surface area contributed by atoms with Gasteiger partial charge in [0.1, 0.15) is 0 Å². The molecule has 0 saturated heterocycles. The molecule has 0 spiro atoms. The Morgan fingerprint density at radius 1 is 1.18 bits per heavy atom. The highest BCUT2D eigenvalue weighted by Crippen LogP contribution is 2.33. The van der Waals surface area contributed by atoms with Gasteiger partial charge in [0.25, 0.3) is 5.56 Å². The van der Waals surface area contributed by atoms with Crippen LogP contribution in [0.3, 0.4) is 0 Å². The molecular formula is C20H24BrN5O2. The lowest BCUT2D eigenvalue weighted by atomic mass is 10.1. The van der Waals surface area contributed by atoms with Gasteiger partial charge in [-0.3, -0.25) is 13.9 Å². The average molecular weight is 446 g/mol. The molecule has 0 radical (unpaired) electrons. The summed E-state index contributed by atoms with van der Waals surface area (Å²) in [6.45, 7) is 6.16. The molecule has 1 aromatic carbocycles. The number of halogens is 1. The number of rotatable bonds is 4. The number of imidazole rings is 1. The number of hydrogen-bond donors (Lipinski definition) is 0. The van der Waals surface area contributed by atoms with Gasteiger partial charge in [-0.15, -0.1) is 0 Å². The number of aryl methyl sites for hydroxylation is 1. The fourth-order valence-corrected chi connectivity index (χ4v) is 4.12. The van der Waals surface area contributed by atoms with Crippen molar-refractivity contribution < 1.29 is 0 Å². The number of fused-ring (bicyclic) bond motifs is 3. The molecule has 4 rings (SSSR count). The molecule has 28 heavy (non-hydrogen) atoms. The molecule has 148 valence electrons. The molecule has 1 aliphatic rings. The molecule has 2 aromatic heterocycles. The molecule has 0 aliphatic carbocycles. The number of hydrogen-bond acceptors (Lipinski definition) is 4. The lowest BCUT2D eigenvalue weighted by molar-refractivity contribution is 0.457. The van der Waals surface area contributed by atoms with Crippen molar-refractivity contribution in [3.8, 4) is 0 Å². The smallest absolute Gasteiger partial charge is 0.312 e. The molecule has 0 amide bonds. The van der Waals surface area contributed by atoms with Gasteiger partial charge in [-0.25, -0.2) is 4.79 Å². The van der Waals surface area contributed by atoms with Gasteiger partial charge in [-0.2, -0.15) is 4.98 Å². The number of nitrogens with zero attached hydrogens (tertiary/aromatic N) is 5. The highest BCUT2D eigenvalue weighted by molar-refractivity contribution is 9.10. The van der Waals surface area contributed by atoms with E-state index in [0.717, 1.165) is 35.5 Å². The number of unbranched alkanes of at least 4 members (excludes halogenated alkanes) is 1. The van der Waals surface area contributed by atoms with E-state index in [4.69, 9.17) is 4.98 Å². The first kappa shape index (κ1) is 19.0. The topological polar surface area (TPSA) is 65.1 Å². The van der Waals surface area contributed by atoms with Crippen molar-refractivity contribution in [2.45, 2.75) is 39.8 Å². The molecule has 0 saturated carbocycles. The van der Waals surface area contributed by atoms with Crippen LogP contribution in [-0.4, -0.2) is 25.2 Å². The van der Waals surface area contributed by atoms with Crippen molar-refractivity contribution in [1.29, 1.82) is 0 Å². The number of benzene rings is 1. The summed E-state index contributed by atoms with van der Waals surface area (Å²) in [5.41, 5.74) is 1.44. The third kappa shape index (κ3) is 2.99. The number of anilines is 2. The van der Waals surface area contributed by atoms with E-state index in [-0.39, 0.29) is 11.2 Å². The molecule has 0 unspecified atom stereocenters. The van der Waals surface area contributed by atoms with Crippen LogP contribution >= 0.6 is 15.9 Å². The third-order valence-electron chi connectivity index (χ3n) is 5.32. The molecule has 3 heterocycles. The molecule has 3 aromatic rings. The lowest BCUT2D eigenvalue weighted by Gasteiger charge is -2.33. The van der Waals surface area contributed by atoms with E-state index in [9.17, 15) is 9.59 Å². The van der Waals surface area contributed by atoms with Crippen molar-refractivity contribution in [3.05, 3.63) is 49.6 Å². The van der Waals surface area contributed by atoms with Crippen LogP contribution in [0.5, 0.6) is 0 Å². The Morgan fingerprint density at radius 2 is 1.89 bits per heavy atom. The second-order valence-electron chi connectivity index (χ2n) is 7.54. The fraction of sp³-hybridized carbons (Fsp3) is 0.450. The summed E-state index contributed by atoms with van der Waals surface area (Å²) in [7, 11) is 1.69. The summed E-state index contributed by atoms with van der Waals surface area (Å²) in [6, 6.07) is 8.05. The Bertz CT molecular complexity index is 1140. The van der Waals surface area contributed by atoms with Crippen LogP contribution in [0.4, 0.5) is 11.6 Å². The first-order chi connectivity index (χ1) is 13.4. The maximum absolute atomic E-state index is 13.2. The standard InChI is InChI=1S/C20H24BrN5O2/c1-4-5-10-24-18(27)16-17(23(3)20(24)28)22-19-25(11-13(2)12-26(16)19)15-8-6-14(21)7-9-15/h6-9,13H,4-5,10-12H2,1-3H3/t13-/m1/s1. The lowest BCUT2D eigenvalue weighted by Crippen LogP contribution is -2.40. The monoisotopic (exact) mass is 445 g/mol. The van der Waals surface area contributed by atoms with E-state index in [2.05, 4.69) is 27.8 Å². The zero-order valence-corrected chi connectivity index (χ0v) is 17.9. The largest absolute Gasteiger partial charge is 0.332 e. The van der Waals surface area contributed by atoms with Crippen LogP contribution < -0.4 is 16.1 Å². The van der Waals surface area contributed by atoms with Crippen LogP contribution in [0, 0.1) is 5.92 Å². The van der Waals surface area contributed by atoms with Gasteiger partial charge in [-0.1, -0.05) is 36.2 Å². The molecule has 1 atom stereocenters. The summed E-state index contributed by atoms with van der Waals surface area (Å²) in [6.07, 6.45) is 1.72. The van der Waals surface area contributed by atoms with E-state index in [1.165, 1.54) is 9.13 Å². The highest BCUT2D eigenvalue weighted by atomic mass is 79.9. The summed E-state index contributed by atoms with van der Waals surface area (Å²) < 4.78 is 5.85. The quantitative estimate of drug-likeness (QED) is 0.617. The summed E-state index contributed by atoms with van der Waals surface area (Å²) in [5.74, 6) is 1.06. The average Bonchev–Trinajstić information content (AvgIpc) is 3.06. The van der Waals surface area contributed by atoms with Crippen LogP contribution in [-0.2, 0) is 20.1 Å². The van der Waals surface area contributed by atoms with Gasteiger partial charge in [0.15, 0.2) is 11.2 Å². The molecule has 0 fully saturated rings. The Labute approximate surface area is 171 Å². The summed E-state index contributed by atoms with van der Waals surface area (Å²) >= 11 is 3.48. The first-order valence-corrected chi connectivity index (χ1v) is 10.4. The van der Waals surface area contributed by atoms with E-state index >= 15 is 0 Å². The minimum atomic E-state index is -0.301. The van der Waals surface area contributed by atoms with Gasteiger partial charge >= 0.3 is 5.69 Å².